The molecule has 6 nitrogen and oxygen atoms in total. The van der Waals surface area contributed by atoms with Gasteiger partial charge in [-0.05, 0) is 86.4 Å². The lowest BCUT2D eigenvalue weighted by Gasteiger charge is -2.42. The van der Waals surface area contributed by atoms with Gasteiger partial charge in [0.2, 0.25) is 9.04 Å². The van der Waals surface area contributed by atoms with Gasteiger partial charge in [-0.15, -0.1) is 0 Å². The van der Waals surface area contributed by atoms with Crippen LogP contribution in [0.1, 0.15) is 96.9 Å². The summed E-state index contributed by atoms with van der Waals surface area (Å²) in [6.07, 6.45) is 2.80. The van der Waals surface area contributed by atoms with Crippen LogP contribution in [0.5, 0.6) is 5.75 Å². The van der Waals surface area contributed by atoms with E-state index in [0.29, 0.717) is 16.9 Å². The number of nitriles is 1. The molecule has 0 bridgehead atoms. The summed E-state index contributed by atoms with van der Waals surface area (Å²) in [7, 11) is -0.838. The van der Waals surface area contributed by atoms with Crippen LogP contribution < -0.4 is 10.3 Å². The average molecular weight is 538 g/mol. The van der Waals surface area contributed by atoms with Crippen molar-refractivity contribution in [2.45, 2.75) is 111 Å². The molecule has 3 rings (SSSR count). The summed E-state index contributed by atoms with van der Waals surface area (Å²) in [6.45, 7) is 21.3. The van der Waals surface area contributed by atoms with Gasteiger partial charge in [-0.3, -0.25) is 4.79 Å². The topological polar surface area (TPSA) is 84.5 Å². The van der Waals surface area contributed by atoms with Gasteiger partial charge in [-0.2, -0.15) is 5.26 Å². The van der Waals surface area contributed by atoms with Crippen LogP contribution in [-0.4, -0.2) is 36.5 Å². The minimum Gasteiger partial charge on any atom is -0.485 e. The fraction of sp³-hybridized carbons (Fsp3) is 0.613. The molecule has 207 valence electrons. The molecule has 2 aromatic rings. The van der Waals surface area contributed by atoms with E-state index < -0.39 is 26.8 Å². The number of nitrogens with zero attached hydrogens (tertiary/aromatic N) is 2. The number of aliphatic hydroxyl groups excluding tert-OH is 1. The summed E-state index contributed by atoms with van der Waals surface area (Å²) >= 11 is 0. The van der Waals surface area contributed by atoms with Crippen LogP contribution in [-0.2, 0) is 4.43 Å². The van der Waals surface area contributed by atoms with Crippen molar-refractivity contribution < 1.29 is 14.3 Å². The highest BCUT2D eigenvalue weighted by atomic mass is 28.3. The Kier molecular flexibility index (Phi) is 8.72. The van der Waals surface area contributed by atoms with E-state index in [1.165, 1.54) is 0 Å². The first-order valence-corrected chi connectivity index (χ1v) is 16.0. The van der Waals surface area contributed by atoms with Crippen molar-refractivity contribution in [3.63, 3.8) is 0 Å². The molecule has 0 fully saturated rings. The van der Waals surface area contributed by atoms with Gasteiger partial charge >= 0.3 is 0 Å². The van der Waals surface area contributed by atoms with E-state index in [2.05, 4.69) is 60.7 Å². The predicted molar refractivity (Wildman–Crippen MR) is 154 cm³/mol. The van der Waals surface area contributed by atoms with E-state index in [4.69, 9.17) is 9.16 Å². The third kappa shape index (κ3) is 6.59. The lowest BCUT2D eigenvalue weighted by atomic mass is 9.72. The number of benzene rings is 1. The van der Waals surface area contributed by atoms with Crippen molar-refractivity contribution in [3.8, 4) is 11.8 Å². The number of ether oxygens (including phenoxy) is 1. The predicted octanol–water partition coefficient (Wildman–Crippen LogP) is 6.43. The molecular weight excluding hydrogens is 492 g/mol. The Bertz CT molecular complexity index is 1230. The maximum atomic E-state index is 13.7. The van der Waals surface area contributed by atoms with Gasteiger partial charge in [-0.1, -0.05) is 41.5 Å². The molecule has 0 spiro atoms. The molecule has 1 aromatic carbocycles. The number of hydrogen-bond acceptors (Lipinski definition) is 5. The van der Waals surface area contributed by atoms with Crippen molar-refractivity contribution in [2.24, 2.45) is 10.8 Å². The maximum absolute atomic E-state index is 13.7. The van der Waals surface area contributed by atoms with Gasteiger partial charge in [0.15, 0.2) is 0 Å². The van der Waals surface area contributed by atoms with E-state index >= 15 is 0 Å². The van der Waals surface area contributed by atoms with Gasteiger partial charge < -0.3 is 18.8 Å². The van der Waals surface area contributed by atoms with E-state index in [-0.39, 0.29) is 28.4 Å². The van der Waals surface area contributed by atoms with E-state index in [1.54, 1.807) is 35.0 Å². The minimum absolute atomic E-state index is 0.0371. The lowest BCUT2D eigenvalue weighted by Crippen LogP contribution is -2.52. The second-order valence-corrected chi connectivity index (χ2v) is 15.6. The van der Waals surface area contributed by atoms with Crippen LogP contribution in [0.4, 0.5) is 0 Å². The van der Waals surface area contributed by atoms with Crippen molar-refractivity contribution in [1.29, 1.82) is 5.26 Å². The van der Waals surface area contributed by atoms with Gasteiger partial charge in [0.1, 0.15) is 17.5 Å². The van der Waals surface area contributed by atoms with Crippen molar-refractivity contribution in [2.75, 3.05) is 0 Å². The molecule has 2 unspecified atom stereocenters. The van der Waals surface area contributed by atoms with Crippen LogP contribution >= 0.6 is 0 Å². The van der Waals surface area contributed by atoms with E-state index in [0.717, 1.165) is 18.4 Å². The number of aromatic nitrogens is 1. The molecule has 0 aliphatic carbocycles. The first-order chi connectivity index (χ1) is 17.5. The van der Waals surface area contributed by atoms with Crippen LogP contribution in [0.2, 0.25) is 13.1 Å². The molecule has 1 aliphatic rings. The zero-order valence-electron chi connectivity index (χ0n) is 24.8. The fourth-order valence-electron chi connectivity index (χ4n) is 5.46. The Morgan fingerprint density at radius 3 is 2.29 bits per heavy atom. The molecule has 0 amide bonds. The summed E-state index contributed by atoms with van der Waals surface area (Å²) in [5.41, 5.74) is 0.997. The molecule has 1 N–H and O–H groups in total. The smallest absolute Gasteiger partial charge is 0.251 e. The fourth-order valence-corrected chi connectivity index (χ4v) is 6.50. The molecule has 1 aromatic heterocycles. The third-order valence-electron chi connectivity index (χ3n) is 7.62. The monoisotopic (exact) mass is 537 g/mol. The Morgan fingerprint density at radius 2 is 1.76 bits per heavy atom. The number of hydrogen-bond donors (Lipinski definition) is 1. The van der Waals surface area contributed by atoms with Crippen LogP contribution in [0, 0.1) is 22.2 Å². The molecular formula is C31H45N2O4Si. The van der Waals surface area contributed by atoms with E-state index in [1.807, 2.05) is 19.9 Å². The largest absolute Gasteiger partial charge is 0.485 e. The lowest BCUT2D eigenvalue weighted by molar-refractivity contribution is -0.0643. The summed E-state index contributed by atoms with van der Waals surface area (Å²) in [4.78, 5) is 13.7. The van der Waals surface area contributed by atoms with Crippen molar-refractivity contribution in [1.82, 2.24) is 4.57 Å². The molecule has 7 heteroatoms. The van der Waals surface area contributed by atoms with Crippen LogP contribution in [0.3, 0.4) is 0 Å². The summed E-state index contributed by atoms with van der Waals surface area (Å²) in [6, 6.07) is 10.4. The number of aliphatic hydroxyl groups is 1. The van der Waals surface area contributed by atoms with Gasteiger partial charge in [-0.25, -0.2) is 0 Å². The number of fused-ring (bicyclic) bond motifs is 1. The van der Waals surface area contributed by atoms with Gasteiger partial charge in [0.25, 0.3) is 5.56 Å². The molecule has 0 saturated heterocycles. The Morgan fingerprint density at radius 1 is 1.11 bits per heavy atom. The standard InChI is InChI=1S/C31H45N2O4Si/c1-29(2,3)23(12-14-25(30(4,5)6)37-38(9)10)21-15-16-33(26(34)18-21)27-22-17-20(19-32)11-13-24(22)36-31(7,8)28(27)35/h11,13,15-18,23,25,27-28,35H,12,14H2,1-10H3/t23?,25?,27-,28+/m1/s1. The molecule has 1 radical (unpaired) electrons. The highest BCUT2D eigenvalue weighted by molar-refractivity contribution is 6.48. The Labute approximate surface area is 230 Å². The maximum Gasteiger partial charge on any atom is 0.251 e. The normalized spacial score (nSPS) is 20.8. The SMILES string of the molecule is C[Si](C)OC(CCC(c1ccn([C@@H]2c3cc(C#N)ccc3OC(C)(C)[C@H]2O)c(=O)c1)C(C)(C)C)C(C)(C)C. The van der Waals surface area contributed by atoms with Crippen molar-refractivity contribution >= 4 is 9.04 Å². The highest BCUT2D eigenvalue weighted by Crippen LogP contribution is 2.43. The summed E-state index contributed by atoms with van der Waals surface area (Å²) in [5.74, 6) is 0.741. The second kappa shape index (κ2) is 11.0. The molecule has 38 heavy (non-hydrogen) atoms. The zero-order valence-corrected chi connectivity index (χ0v) is 25.8. The molecule has 0 saturated carbocycles. The number of pyridine rings is 1. The van der Waals surface area contributed by atoms with Gasteiger partial charge in [0.05, 0.1) is 17.7 Å². The summed E-state index contributed by atoms with van der Waals surface area (Å²) in [5, 5.41) is 20.8. The van der Waals surface area contributed by atoms with Crippen LogP contribution in [0.15, 0.2) is 41.3 Å². The second-order valence-electron chi connectivity index (χ2n) is 13.5. The molecule has 1 aliphatic heterocycles. The highest BCUT2D eigenvalue weighted by Gasteiger charge is 2.44. The minimum atomic E-state index is -0.977. The molecule has 2 heterocycles. The Hall–Kier alpha value is -2.40. The third-order valence-corrected chi connectivity index (χ3v) is 8.38. The van der Waals surface area contributed by atoms with Gasteiger partial charge in [0, 0.05) is 23.9 Å². The number of rotatable bonds is 7. The average Bonchev–Trinajstić information content (AvgIpc) is 2.78. The summed E-state index contributed by atoms with van der Waals surface area (Å²) < 4.78 is 14.0. The zero-order chi connectivity index (χ0) is 28.6. The first kappa shape index (κ1) is 30.1. The first-order valence-electron chi connectivity index (χ1n) is 13.6. The Balaban J connectivity index is 2.01. The van der Waals surface area contributed by atoms with E-state index in [9.17, 15) is 15.2 Å². The molecule has 4 atom stereocenters. The quantitative estimate of drug-likeness (QED) is 0.411. The van der Waals surface area contributed by atoms with Crippen molar-refractivity contribution in [3.05, 3.63) is 63.6 Å². The van der Waals surface area contributed by atoms with Crippen LogP contribution in [0.25, 0.3) is 0 Å².